The van der Waals surface area contributed by atoms with Gasteiger partial charge in [0.25, 0.3) is 5.91 Å². The number of tetrazole rings is 1. The molecule has 1 N–H and O–H groups in total. The number of aromatic nitrogens is 4. The minimum atomic E-state index is -0.167. The number of carbonyl (C=O) groups is 1. The topological polar surface area (TPSA) is 81.9 Å². The van der Waals surface area contributed by atoms with Crippen molar-refractivity contribution < 1.29 is 9.53 Å². The first kappa shape index (κ1) is 15.7. The fourth-order valence-corrected chi connectivity index (χ4v) is 2.08. The lowest BCUT2D eigenvalue weighted by Crippen LogP contribution is -2.28. The van der Waals surface area contributed by atoms with Crippen LogP contribution in [0.1, 0.15) is 11.1 Å². The molecule has 0 radical (unpaired) electrons. The van der Waals surface area contributed by atoms with E-state index in [1.807, 2.05) is 43.3 Å². The van der Waals surface area contributed by atoms with Crippen molar-refractivity contribution in [3.8, 4) is 11.4 Å². The molecule has 0 fully saturated rings. The van der Waals surface area contributed by atoms with Gasteiger partial charge >= 0.3 is 0 Å². The Balaban J connectivity index is 1.46. The second kappa shape index (κ2) is 7.36. The van der Waals surface area contributed by atoms with Crippen LogP contribution in [0.3, 0.4) is 0 Å². The molecule has 7 heteroatoms. The second-order valence-electron chi connectivity index (χ2n) is 5.30. The number of rotatable bonds is 6. The maximum atomic E-state index is 11.8. The molecule has 0 unspecified atom stereocenters. The highest BCUT2D eigenvalue weighted by atomic mass is 16.5. The first-order valence-corrected chi connectivity index (χ1v) is 7.49. The van der Waals surface area contributed by atoms with Crippen molar-refractivity contribution in [1.29, 1.82) is 0 Å². The normalized spacial score (nSPS) is 10.4. The summed E-state index contributed by atoms with van der Waals surface area (Å²) in [5.41, 5.74) is 3.06. The van der Waals surface area contributed by atoms with Crippen LogP contribution < -0.4 is 10.1 Å². The van der Waals surface area contributed by atoms with E-state index in [-0.39, 0.29) is 12.5 Å². The molecule has 0 spiro atoms. The molecule has 0 aliphatic heterocycles. The van der Waals surface area contributed by atoms with Crippen molar-refractivity contribution >= 4 is 5.91 Å². The number of ether oxygens (including phenoxy) is 1. The number of hydrogen-bond donors (Lipinski definition) is 1. The summed E-state index contributed by atoms with van der Waals surface area (Å²) < 4.78 is 7.01. The quantitative estimate of drug-likeness (QED) is 0.746. The van der Waals surface area contributed by atoms with Gasteiger partial charge < -0.3 is 10.1 Å². The van der Waals surface area contributed by atoms with Gasteiger partial charge in [0, 0.05) is 6.54 Å². The first-order chi connectivity index (χ1) is 11.7. The Morgan fingerprint density at radius 2 is 1.88 bits per heavy atom. The zero-order valence-corrected chi connectivity index (χ0v) is 13.2. The summed E-state index contributed by atoms with van der Waals surface area (Å²) in [7, 11) is 0. The van der Waals surface area contributed by atoms with Gasteiger partial charge in [0.1, 0.15) is 12.1 Å². The predicted molar refractivity (Wildman–Crippen MR) is 87.7 cm³/mol. The average Bonchev–Trinajstić information content (AvgIpc) is 3.14. The standard InChI is InChI=1S/C17H17N5O2/c1-13-2-4-14(5-3-13)10-18-17(23)11-24-16-8-6-15(7-9-16)22-12-19-20-21-22/h2-9,12H,10-11H2,1H3,(H,18,23). The smallest absolute Gasteiger partial charge is 0.258 e. The van der Waals surface area contributed by atoms with Crippen LogP contribution in [-0.2, 0) is 11.3 Å². The van der Waals surface area contributed by atoms with E-state index in [1.165, 1.54) is 16.6 Å². The molecule has 24 heavy (non-hydrogen) atoms. The molecule has 0 bridgehead atoms. The van der Waals surface area contributed by atoms with Gasteiger partial charge in [-0.3, -0.25) is 4.79 Å². The van der Waals surface area contributed by atoms with Gasteiger partial charge in [0.2, 0.25) is 0 Å². The highest BCUT2D eigenvalue weighted by Crippen LogP contribution is 2.14. The van der Waals surface area contributed by atoms with Crippen molar-refractivity contribution in [2.24, 2.45) is 0 Å². The molecular weight excluding hydrogens is 306 g/mol. The Kier molecular flexibility index (Phi) is 4.81. The Hall–Kier alpha value is -3.22. The van der Waals surface area contributed by atoms with Gasteiger partial charge in [-0.25, -0.2) is 4.68 Å². The summed E-state index contributed by atoms with van der Waals surface area (Å²) in [5, 5.41) is 13.8. The largest absolute Gasteiger partial charge is 0.484 e. The third-order valence-electron chi connectivity index (χ3n) is 3.43. The van der Waals surface area contributed by atoms with E-state index in [4.69, 9.17) is 4.74 Å². The lowest BCUT2D eigenvalue weighted by atomic mass is 10.1. The van der Waals surface area contributed by atoms with Gasteiger partial charge in [0.15, 0.2) is 6.61 Å². The molecule has 0 aliphatic rings. The van der Waals surface area contributed by atoms with Crippen molar-refractivity contribution in [3.05, 3.63) is 66.0 Å². The Morgan fingerprint density at radius 3 is 2.54 bits per heavy atom. The van der Waals surface area contributed by atoms with Crippen LogP contribution in [0.5, 0.6) is 5.75 Å². The van der Waals surface area contributed by atoms with E-state index in [0.29, 0.717) is 12.3 Å². The number of nitrogens with zero attached hydrogens (tertiary/aromatic N) is 4. The summed E-state index contributed by atoms with van der Waals surface area (Å²) >= 11 is 0. The van der Waals surface area contributed by atoms with E-state index in [9.17, 15) is 4.79 Å². The number of nitrogens with one attached hydrogen (secondary N) is 1. The van der Waals surface area contributed by atoms with Crippen molar-refractivity contribution in [3.63, 3.8) is 0 Å². The van der Waals surface area contributed by atoms with Crippen LogP contribution in [0.4, 0.5) is 0 Å². The molecule has 1 amide bonds. The van der Waals surface area contributed by atoms with Gasteiger partial charge in [-0.1, -0.05) is 29.8 Å². The third-order valence-corrected chi connectivity index (χ3v) is 3.43. The Labute approximate surface area is 139 Å². The van der Waals surface area contributed by atoms with Crippen LogP contribution in [0.15, 0.2) is 54.9 Å². The molecule has 0 atom stereocenters. The molecule has 1 aromatic heterocycles. The highest BCUT2D eigenvalue weighted by Gasteiger charge is 2.04. The molecule has 0 saturated heterocycles. The zero-order chi connectivity index (χ0) is 16.8. The minimum absolute atomic E-state index is 0.0317. The lowest BCUT2D eigenvalue weighted by Gasteiger charge is -2.08. The molecule has 122 valence electrons. The van der Waals surface area contributed by atoms with Gasteiger partial charge in [-0.2, -0.15) is 0 Å². The molecule has 2 aromatic carbocycles. The number of benzene rings is 2. The number of carbonyl (C=O) groups excluding carboxylic acids is 1. The maximum Gasteiger partial charge on any atom is 0.258 e. The second-order valence-corrected chi connectivity index (χ2v) is 5.30. The summed E-state index contributed by atoms with van der Waals surface area (Å²) in [6.45, 7) is 2.48. The SMILES string of the molecule is Cc1ccc(CNC(=O)COc2ccc(-n3cnnn3)cc2)cc1. The van der Waals surface area contributed by atoms with Gasteiger partial charge in [-0.15, -0.1) is 5.10 Å². The lowest BCUT2D eigenvalue weighted by molar-refractivity contribution is -0.123. The fourth-order valence-electron chi connectivity index (χ4n) is 2.08. The summed E-state index contributed by atoms with van der Waals surface area (Å²) in [6, 6.07) is 15.2. The van der Waals surface area contributed by atoms with Crippen LogP contribution in [0.2, 0.25) is 0 Å². The molecule has 3 rings (SSSR count). The summed E-state index contributed by atoms with van der Waals surface area (Å²) in [4.78, 5) is 11.8. The van der Waals surface area contributed by atoms with Crippen LogP contribution in [0.25, 0.3) is 5.69 Å². The fraction of sp³-hybridized carbons (Fsp3) is 0.176. The summed E-state index contributed by atoms with van der Waals surface area (Å²) in [5.74, 6) is 0.442. The average molecular weight is 323 g/mol. The van der Waals surface area contributed by atoms with E-state index in [0.717, 1.165) is 11.3 Å². The Morgan fingerprint density at radius 1 is 1.12 bits per heavy atom. The highest BCUT2D eigenvalue weighted by molar-refractivity contribution is 5.77. The van der Waals surface area contributed by atoms with Crippen molar-refractivity contribution in [1.82, 2.24) is 25.5 Å². The summed E-state index contributed by atoms with van der Waals surface area (Å²) in [6.07, 6.45) is 1.51. The molecule has 0 saturated carbocycles. The molecule has 0 aliphatic carbocycles. The van der Waals surface area contributed by atoms with Gasteiger partial charge in [0.05, 0.1) is 5.69 Å². The van der Waals surface area contributed by atoms with E-state index < -0.39 is 0 Å². The number of aryl methyl sites for hydroxylation is 1. The molecule has 1 heterocycles. The van der Waals surface area contributed by atoms with E-state index in [2.05, 4.69) is 20.8 Å². The third kappa shape index (κ3) is 4.16. The Bertz CT molecular complexity index is 783. The maximum absolute atomic E-state index is 11.8. The van der Waals surface area contributed by atoms with Crippen LogP contribution >= 0.6 is 0 Å². The van der Waals surface area contributed by atoms with Gasteiger partial charge in [-0.05, 0) is 47.2 Å². The van der Waals surface area contributed by atoms with Crippen molar-refractivity contribution in [2.45, 2.75) is 13.5 Å². The molecule has 3 aromatic rings. The van der Waals surface area contributed by atoms with E-state index in [1.54, 1.807) is 12.1 Å². The predicted octanol–water partition coefficient (Wildman–Crippen LogP) is 1.67. The molecule has 7 nitrogen and oxygen atoms in total. The van der Waals surface area contributed by atoms with Crippen LogP contribution in [-0.4, -0.2) is 32.7 Å². The number of hydrogen-bond acceptors (Lipinski definition) is 5. The zero-order valence-electron chi connectivity index (χ0n) is 13.2. The number of amides is 1. The van der Waals surface area contributed by atoms with E-state index >= 15 is 0 Å². The van der Waals surface area contributed by atoms with Crippen molar-refractivity contribution in [2.75, 3.05) is 6.61 Å². The monoisotopic (exact) mass is 323 g/mol. The minimum Gasteiger partial charge on any atom is -0.484 e. The molecular formula is C17H17N5O2. The van der Waals surface area contributed by atoms with Crippen LogP contribution in [0, 0.1) is 6.92 Å². The first-order valence-electron chi connectivity index (χ1n) is 7.49.